The summed E-state index contributed by atoms with van der Waals surface area (Å²) in [4.78, 5) is 34.0. The van der Waals surface area contributed by atoms with E-state index in [1.54, 1.807) is 24.3 Å². The second kappa shape index (κ2) is 6.95. The summed E-state index contributed by atoms with van der Waals surface area (Å²) in [6.07, 6.45) is -0.386. The molecule has 0 atom stereocenters. The molecule has 0 unspecified atom stereocenters. The van der Waals surface area contributed by atoms with Gasteiger partial charge in [-0.2, -0.15) is 0 Å². The van der Waals surface area contributed by atoms with Crippen LogP contribution in [0.15, 0.2) is 53.0 Å². The topological polar surface area (TPSA) is 89.3 Å². The Kier molecular flexibility index (Phi) is 5.00. The first kappa shape index (κ1) is 15.8. The van der Waals surface area contributed by atoms with Crippen molar-refractivity contribution in [2.24, 2.45) is 0 Å². The average molecular weight is 363 g/mol. The molecule has 0 radical (unpaired) electrons. The molecule has 2 aromatic rings. The Morgan fingerprint density at radius 3 is 2.55 bits per heavy atom. The van der Waals surface area contributed by atoms with Gasteiger partial charge in [-0.15, -0.1) is 0 Å². The van der Waals surface area contributed by atoms with Gasteiger partial charge in [0.05, 0.1) is 17.0 Å². The largest absolute Gasteiger partial charge is 0.325 e. The van der Waals surface area contributed by atoms with E-state index >= 15 is 0 Å². The first-order chi connectivity index (χ1) is 10.5. The number of Topliss-reactive ketones (excluding diaryl/α,β-unsaturated/α-hetero) is 1. The van der Waals surface area contributed by atoms with E-state index in [-0.39, 0.29) is 17.7 Å². The van der Waals surface area contributed by atoms with Crippen molar-refractivity contribution in [2.75, 3.05) is 5.32 Å². The highest BCUT2D eigenvalue weighted by atomic mass is 79.9. The van der Waals surface area contributed by atoms with E-state index in [4.69, 9.17) is 0 Å². The van der Waals surface area contributed by atoms with Gasteiger partial charge in [-0.25, -0.2) is 0 Å². The fraction of sp³-hybridized carbons (Fsp3) is 0.0667. The molecule has 0 aliphatic heterocycles. The van der Waals surface area contributed by atoms with Crippen LogP contribution in [-0.4, -0.2) is 16.6 Å². The van der Waals surface area contributed by atoms with Crippen LogP contribution >= 0.6 is 15.9 Å². The summed E-state index contributed by atoms with van der Waals surface area (Å²) in [5.74, 6) is -0.961. The molecule has 2 rings (SSSR count). The van der Waals surface area contributed by atoms with E-state index < -0.39 is 16.6 Å². The quantitative estimate of drug-likeness (QED) is 0.381. The van der Waals surface area contributed by atoms with E-state index in [1.165, 1.54) is 18.2 Å². The van der Waals surface area contributed by atoms with Crippen LogP contribution in [0.25, 0.3) is 0 Å². The number of rotatable bonds is 5. The van der Waals surface area contributed by atoms with Crippen molar-refractivity contribution in [3.8, 4) is 0 Å². The van der Waals surface area contributed by atoms with Gasteiger partial charge in [0.15, 0.2) is 5.78 Å². The van der Waals surface area contributed by atoms with Gasteiger partial charge in [0.25, 0.3) is 5.69 Å². The van der Waals surface area contributed by atoms with Crippen molar-refractivity contribution in [3.63, 3.8) is 0 Å². The zero-order valence-electron chi connectivity index (χ0n) is 11.3. The Bertz CT molecular complexity index is 746. The van der Waals surface area contributed by atoms with Crippen molar-refractivity contribution in [1.82, 2.24) is 0 Å². The van der Waals surface area contributed by atoms with Gasteiger partial charge < -0.3 is 5.32 Å². The van der Waals surface area contributed by atoms with Crippen molar-refractivity contribution in [1.29, 1.82) is 0 Å². The maximum Gasteiger partial charge on any atom is 0.270 e. The number of hydrogen-bond donors (Lipinski definition) is 1. The molecule has 7 heteroatoms. The van der Waals surface area contributed by atoms with Crippen LogP contribution < -0.4 is 5.32 Å². The number of hydrogen-bond acceptors (Lipinski definition) is 4. The number of nitro benzene ring substituents is 1. The van der Waals surface area contributed by atoms with E-state index in [2.05, 4.69) is 21.2 Å². The van der Waals surface area contributed by atoms with Gasteiger partial charge >= 0.3 is 0 Å². The highest BCUT2D eigenvalue weighted by molar-refractivity contribution is 9.10. The van der Waals surface area contributed by atoms with Crippen LogP contribution in [0.5, 0.6) is 0 Å². The van der Waals surface area contributed by atoms with E-state index in [9.17, 15) is 19.7 Å². The number of halogens is 1. The summed E-state index contributed by atoms with van der Waals surface area (Å²) in [5.41, 5.74) is 0.507. The van der Waals surface area contributed by atoms with Crippen LogP contribution in [0.3, 0.4) is 0 Å². The summed E-state index contributed by atoms with van der Waals surface area (Å²) in [6, 6.07) is 12.3. The third-order valence-electron chi connectivity index (χ3n) is 2.85. The highest BCUT2D eigenvalue weighted by Crippen LogP contribution is 2.21. The number of nitro groups is 1. The predicted octanol–water partition coefficient (Wildman–Crippen LogP) is 3.57. The lowest BCUT2D eigenvalue weighted by Crippen LogP contribution is -2.16. The second-order valence-electron chi connectivity index (χ2n) is 4.44. The van der Waals surface area contributed by atoms with Crippen molar-refractivity contribution < 1.29 is 14.5 Å². The van der Waals surface area contributed by atoms with Crippen LogP contribution in [-0.2, 0) is 4.79 Å². The Hall–Kier alpha value is -2.54. The molecule has 0 bridgehead atoms. The number of carbonyl (C=O) groups excluding carboxylic acids is 2. The zero-order chi connectivity index (χ0) is 16.1. The van der Waals surface area contributed by atoms with Gasteiger partial charge in [-0.05, 0) is 28.1 Å². The minimum absolute atomic E-state index is 0.136. The Balaban J connectivity index is 2.06. The molecule has 1 amide bonds. The summed E-state index contributed by atoms with van der Waals surface area (Å²) in [7, 11) is 0. The van der Waals surface area contributed by atoms with Crippen LogP contribution in [0, 0.1) is 10.1 Å². The lowest BCUT2D eigenvalue weighted by Gasteiger charge is -2.06. The number of para-hydroxylation sites is 1. The first-order valence-corrected chi connectivity index (χ1v) is 7.08. The molecule has 0 aromatic heterocycles. The van der Waals surface area contributed by atoms with Crippen molar-refractivity contribution in [3.05, 3.63) is 68.7 Å². The molecule has 112 valence electrons. The maximum absolute atomic E-state index is 12.0. The SMILES string of the molecule is O=C(CC(=O)c1cccc([N+](=O)[O-])c1)Nc1ccccc1Br. The number of anilines is 1. The van der Waals surface area contributed by atoms with Gasteiger partial charge in [-0.3, -0.25) is 19.7 Å². The normalized spacial score (nSPS) is 10.0. The Morgan fingerprint density at radius 1 is 1.14 bits per heavy atom. The molecule has 1 N–H and O–H groups in total. The summed E-state index contributed by atoms with van der Waals surface area (Å²) < 4.78 is 0.700. The van der Waals surface area contributed by atoms with Crippen molar-refractivity contribution in [2.45, 2.75) is 6.42 Å². The number of nitrogens with one attached hydrogen (secondary N) is 1. The predicted molar refractivity (Wildman–Crippen MR) is 84.8 cm³/mol. The molecule has 2 aromatic carbocycles. The number of nitrogens with zero attached hydrogens (tertiary/aromatic N) is 1. The van der Waals surface area contributed by atoms with Gasteiger partial charge in [0.2, 0.25) is 5.91 Å². The minimum Gasteiger partial charge on any atom is -0.325 e. The van der Waals surface area contributed by atoms with Crippen LogP contribution in [0.1, 0.15) is 16.8 Å². The monoisotopic (exact) mass is 362 g/mol. The highest BCUT2D eigenvalue weighted by Gasteiger charge is 2.15. The van der Waals surface area contributed by atoms with Gasteiger partial charge in [0, 0.05) is 22.2 Å². The molecular weight excluding hydrogens is 352 g/mol. The minimum atomic E-state index is -0.585. The molecular formula is C15H11BrN2O4. The standard InChI is InChI=1S/C15H11BrN2O4/c16-12-6-1-2-7-13(12)17-15(20)9-14(19)10-4-3-5-11(8-10)18(21)22/h1-8H,9H2,(H,17,20). The molecule has 22 heavy (non-hydrogen) atoms. The maximum atomic E-state index is 12.0. The average Bonchev–Trinajstić information content (AvgIpc) is 2.49. The lowest BCUT2D eigenvalue weighted by molar-refractivity contribution is -0.384. The van der Waals surface area contributed by atoms with E-state index in [1.807, 2.05) is 0 Å². The van der Waals surface area contributed by atoms with Gasteiger partial charge in [-0.1, -0.05) is 24.3 Å². The number of ketones is 1. The zero-order valence-corrected chi connectivity index (χ0v) is 12.9. The number of benzene rings is 2. The van der Waals surface area contributed by atoms with Crippen molar-refractivity contribution >= 4 is 39.0 Å². The third-order valence-corrected chi connectivity index (χ3v) is 3.54. The lowest BCUT2D eigenvalue weighted by atomic mass is 10.1. The van der Waals surface area contributed by atoms with Gasteiger partial charge in [0.1, 0.15) is 0 Å². The fourth-order valence-corrected chi connectivity index (χ4v) is 2.18. The third kappa shape index (κ3) is 3.98. The summed E-state index contributed by atoms with van der Waals surface area (Å²) >= 11 is 3.29. The molecule has 0 spiro atoms. The Morgan fingerprint density at radius 2 is 1.86 bits per heavy atom. The molecule has 0 aliphatic rings. The number of carbonyl (C=O) groups is 2. The van der Waals surface area contributed by atoms with Crippen LogP contribution in [0.2, 0.25) is 0 Å². The van der Waals surface area contributed by atoms with Crippen LogP contribution in [0.4, 0.5) is 11.4 Å². The number of non-ortho nitro benzene ring substituents is 1. The molecule has 0 saturated heterocycles. The molecule has 0 saturated carbocycles. The smallest absolute Gasteiger partial charge is 0.270 e. The van der Waals surface area contributed by atoms with E-state index in [0.29, 0.717) is 10.2 Å². The summed E-state index contributed by atoms with van der Waals surface area (Å²) in [6.45, 7) is 0. The molecule has 0 heterocycles. The summed E-state index contributed by atoms with van der Waals surface area (Å²) in [5, 5.41) is 13.3. The molecule has 0 fully saturated rings. The number of amides is 1. The second-order valence-corrected chi connectivity index (χ2v) is 5.29. The Labute approximate surface area is 134 Å². The molecule has 0 aliphatic carbocycles. The molecule has 6 nitrogen and oxygen atoms in total. The van der Waals surface area contributed by atoms with E-state index in [0.717, 1.165) is 6.07 Å². The fourth-order valence-electron chi connectivity index (χ4n) is 1.80. The first-order valence-electron chi connectivity index (χ1n) is 6.29.